The van der Waals surface area contributed by atoms with E-state index in [4.69, 9.17) is 4.74 Å². The van der Waals surface area contributed by atoms with E-state index in [1.165, 1.54) is 19.2 Å². The van der Waals surface area contributed by atoms with Crippen molar-refractivity contribution >= 4 is 29.5 Å². The standard InChI is InChI=1S/C23H23N3O6/c1-13-5-6-16-17(9-13)21(29)26(20(16)28)14(2)23(31)32-12-19(27)15-10-18(24-11-15)22(30)25-7-3-4-8-25/h5-6,9-11,14,24H,3-4,7-8,12H2,1-2H3. The molecule has 1 aromatic carbocycles. The van der Waals surface area contributed by atoms with Crippen LogP contribution in [0.5, 0.6) is 0 Å². The zero-order valence-electron chi connectivity index (χ0n) is 17.8. The monoisotopic (exact) mass is 437 g/mol. The third-order valence-corrected chi connectivity index (χ3v) is 5.78. The molecule has 1 aromatic heterocycles. The summed E-state index contributed by atoms with van der Waals surface area (Å²) in [5, 5.41) is 0. The number of rotatable bonds is 6. The van der Waals surface area contributed by atoms with Gasteiger partial charge >= 0.3 is 5.97 Å². The van der Waals surface area contributed by atoms with Crippen molar-refractivity contribution < 1.29 is 28.7 Å². The molecule has 0 radical (unpaired) electrons. The molecule has 0 spiro atoms. The van der Waals surface area contributed by atoms with Gasteiger partial charge in [0.25, 0.3) is 17.7 Å². The predicted molar refractivity (Wildman–Crippen MR) is 112 cm³/mol. The molecule has 3 amide bonds. The summed E-state index contributed by atoms with van der Waals surface area (Å²) in [5.41, 5.74) is 1.81. The molecule has 166 valence electrons. The SMILES string of the molecule is Cc1ccc2c(c1)C(=O)N(C(C)C(=O)OCC(=O)c1c[nH]c(C(=O)N3CCCC3)c1)C2=O. The predicted octanol–water partition coefficient (Wildman–Crippen LogP) is 1.97. The Morgan fingerprint density at radius 2 is 1.75 bits per heavy atom. The van der Waals surface area contributed by atoms with Crippen LogP contribution in [0, 0.1) is 6.92 Å². The molecule has 32 heavy (non-hydrogen) atoms. The number of nitrogens with one attached hydrogen (secondary N) is 1. The van der Waals surface area contributed by atoms with E-state index in [1.807, 2.05) is 0 Å². The van der Waals surface area contributed by atoms with Crippen molar-refractivity contribution in [1.29, 1.82) is 0 Å². The average molecular weight is 437 g/mol. The van der Waals surface area contributed by atoms with E-state index in [0.29, 0.717) is 18.8 Å². The number of ketones is 1. The normalized spacial score (nSPS) is 16.3. The van der Waals surface area contributed by atoms with E-state index in [2.05, 4.69) is 4.98 Å². The van der Waals surface area contributed by atoms with E-state index >= 15 is 0 Å². The van der Waals surface area contributed by atoms with Crippen molar-refractivity contribution in [1.82, 2.24) is 14.8 Å². The summed E-state index contributed by atoms with van der Waals surface area (Å²) < 4.78 is 5.08. The Morgan fingerprint density at radius 3 is 2.47 bits per heavy atom. The van der Waals surface area contributed by atoms with Gasteiger partial charge in [0.2, 0.25) is 5.78 Å². The molecule has 0 saturated carbocycles. The van der Waals surface area contributed by atoms with Crippen LogP contribution in [0.1, 0.15) is 66.9 Å². The molecule has 2 aromatic rings. The molecule has 1 N–H and O–H groups in total. The minimum Gasteiger partial charge on any atom is -0.456 e. The molecular formula is C23H23N3O6. The highest BCUT2D eigenvalue weighted by Crippen LogP contribution is 2.26. The molecule has 2 aliphatic rings. The number of amides is 3. The summed E-state index contributed by atoms with van der Waals surface area (Å²) in [7, 11) is 0. The Kier molecular flexibility index (Phi) is 5.65. The molecule has 4 rings (SSSR count). The van der Waals surface area contributed by atoms with Gasteiger partial charge in [0.1, 0.15) is 11.7 Å². The smallest absolute Gasteiger partial charge is 0.329 e. The second kappa shape index (κ2) is 8.41. The Morgan fingerprint density at radius 1 is 1.06 bits per heavy atom. The van der Waals surface area contributed by atoms with Crippen molar-refractivity contribution in [3.8, 4) is 0 Å². The number of likely N-dealkylation sites (tertiary alicyclic amines) is 1. The van der Waals surface area contributed by atoms with Crippen molar-refractivity contribution in [2.75, 3.05) is 19.7 Å². The van der Waals surface area contributed by atoms with Gasteiger partial charge < -0.3 is 14.6 Å². The Balaban J connectivity index is 1.36. The lowest BCUT2D eigenvalue weighted by Crippen LogP contribution is -2.44. The molecule has 1 fully saturated rings. The molecular weight excluding hydrogens is 414 g/mol. The number of fused-ring (bicyclic) bond motifs is 1. The first kappa shape index (κ1) is 21.5. The third kappa shape index (κ3) is 3.81. The van der Waals surface area contributed by atoms with E-state index in [-0.39, 0.29) is 22.6 Å². The first-order valence-electron chi connectivity index (χ1n) is 10.4. The van der Waals surface area contributed by atoms with Gasteiger partial charge in [0, 0.05) is 24.8 Å². The number of carbonyl (C=O) groups excluding carboxylic acids is 5. The Hall–Kier alpha value is -3.75. The number of ether oxygens (including phenoxy) is 1. The van der Waals surface area contributed by atoms with Crippen LogP contribution in [-0.4, -0.2) is 70.0 Å². The third-order valence-electron chi connectivity index (χ3n) is 5.78. The number of Topliss-reactive ketones (excluding diaryl/α,β-unsaturated/α-hetero) is 1. The van der Waals surface area contributed by atoms with E-state index in [0.717, 1.165) is 23.3 Å². The second-order valence-corrected chi connectivity index (χ2v) is 8.04. The van der Waals surface area contributed by atoms with E-state index in [1.54, 1.807) is 30.0 Å². The zero-order chi connectivity index (χ0) is 23.0. The average Bonchev–Trinajstić information content (AvgIpc) is 3.52. The summed E-state index contributed by atoms with van der Waals surface area (Å²) in [4.78, 5) is 67.9. The van der Waals surface area contributed by atoms with Crippen molar-refractivity contribution in [3.63, 3.8) is 0 Å². The van der Waals surface area contributed by atoms with Crippen LogP contribution in [0.3, 0.4) is 0 Å². The lowest BCUT2D eigenvalue weighted by molar-refractivity contribution is -0.146. The van der Waals surface area contributed by atoms with Gasteiger partial charge in [0.05, 0.1) is 11.1 Å². The number of benzene rings is 1. The van der Waals surface area contributed by atoms with Crippen LogP contribution >= 0.6 is 0 Å². The van der Waals surface area contributed by atoms with Gasteiger partial charge in [-0.15, -0.1) is 0 Å². The zero-order valence-corrected chi connectivity index (χ0v) is 17.8. The molecule has 9 heteroatoms. The van der Waals surface area contributed by atoms with Crippen molar-refractivity contribution in [2.45, 2.75) is 32.7 Å². The van der Waals surface area contributed by atoms with Gasteiger partial charge in [-0.2, -0.15) is 0 Å². The molecule has 9 nitrogen and oxygen atoms in total. The quantitative estimate of drug-likeness (QED) is 0.420. The highest BCUT2D eigenvalue weighted by atomic mass is 16.5. The summed E-state index contributed by atoms with van der Waals surface area (Å²) in [6, 6.07) is 5.12. The number of aromatic nitrogens is 1. The topological polar surface area (TPSA) is 117 Å². The van der Waals surface area contributed by atoms with Gasteiger partial charge in [-0.25, -0.2) is 4.79 Å². The van der Waals surface area contributed by atoms with Gasteiger partial charge in [-0.3, -0.25) is 24.1 Å². The van der Waals surface area contributed by atoms with Gasteiger partial charge in [-0.05, 0) is 44.9 Å². The van der Waals surface area contributed by atoms with Crippen LogP contribution in [0.2, 0.25) is 0 Å². The largest absolute Gasteiger partial charge is 0.456 e. The maximum Gasteiger partial charge on any atom is 0.329 e. The lowest BCUT2D eigenvalue weighted by Gasteiger charge is -2.20. The van der Waals surface area contributed by atoms with Crippen LogP contribution in [0.4, 0.5) is 0 Å². The number of imide groups is 1. The number of aryl methyl sites for hydroxylation is 1. The van der Waals surface area contributed by atoms with Crippen molar-refractivity contribution in [3.05, 3.63) is 58.4 Å². The minimum absolute atomic E-state index is 0.173. The highest BCUT2D eigenvalue weighted by Gasteiger charge is 2.41. The molecule has 1 atom stereocenters. The van der Waals surface area contributed by atoms with Crippen LogP contribution in [0.25, 0.3) is 0 Å². The van der Waals surface area contributed by atoms with Gasteiger partial charge in [0.15, 0.2) is 6.61 Å². The summed E-state index contributed by atoms with van der Waals surface area (Å²) in [6.07, 6.45) is 3.31. The Bertz CT molecular complexity index is 1130. The van der Waals surface area contributed by atoms with Crippen LogP contribution in [-0.2, 0) is 9.53 Å². The number of carbonyl (C=O) groups is 5. The number of aromatic amines is 1. The number of hydrogen-bond acceptors (Lipinski definition) is 6. The molecule has 0 aliphatic carbocycles. The molecule has 1 unspecified atom stereocenters. The Labute approximate surface area is 184 Å². The minimum atomic E-state index is -1.19. The summed E-state index contributed by atoms with van der Waals surface area (Å²) in [6.45, 7) is 3.99. The van der Waals surface area contributed by atoms with Gasteiger partial charge in [-0.1, -0.05) is 11.6 Å². The number of nitrogens with zero attached hydrogens (tertiary/aromatic N) is 2. The van der Waals surface area contributed by atoms with Crippen LogP contribution in [0.15, 0.2) is 30.5 Å². The fourth-order valence-electron chi connectivity index (χ4n) is 3.94. The maximum atomic E-state index is 12.6. The van der Waals surface area contributed by atoms with Crippen LogP contribution < -0.4 is 0 Å². The van der Waals surface area contributed by atoms with E-state index < -0.39 is 36.2 Å². The maximum absolute atomic E-state index is 12.6. The first-order chi connectivity index (χ1) is 15.3. The molecule has 0 bridgehead atoms. The first-order valence-corrected chi connectivity index (χ1v) is 10.4. The summed E-state index contributed by atoms with van der Waals surface area (Å²) in [5.74, 6) is -2.68. The molecule has 1 saturated heterocycles. The fourth-order valence-corrected chi connectivity index (χ4v) is 3.94. The number of hydrogen-bond donors (Lipinski definition) is 1. The number of esters is 1. The molecule has 2 aliphatic heterocycles. The summed E-state index contributed by atoms with van der Waals surface area (Å²) >= 11 is 0. The van der Waals surface area contributed by atoms with E-state index in [9.17, 15) is 24.0 Å². The molecule has 3 heterocycles. The highest BCUT2D eigenvalue weighted by molar-refractivity contribution is 6.22. The second-order valence-electron chi connectivity index (χ2n) is 8.04. The van der Waals surface area contributed by atoms with Crippen molar-refractivity contribution in [2.24, 2.45) is 0 Å². The number of H-pyrrole nitrogens is 1. The fraction of sp³-hybridized carbons (Fsp3) is 0.348. The lowest BCUT2D eigenvalue weighted by atomic mass is 10.1.